The van der Waals surface area contributed by atoms with Gasteiger partial charge in [-0.3, -0.25) is 0 Å². The topological polar surface area (TPSA) is 54.8 Å². The van der Waals surface area contributed by atoms with Crippen LogP contribution in [0.3, 0.4) is 0 Å². The summed E-state index contributed by atoms with van der Waals surface area (Å²) in [6.07, 6.45) is -0.317. The Morgan fingerprint density at radius 2 is 1.21 bits per heavy atom. The first-order chi connectivity index (χ1) is 28.2. The van der Waals surface area contributed by atoms with E-state index in [0.29, 0.717) is 5.84 Å². The molecule has 11 aromatic rings. The van der Waals surface area contributed by atoms with E-state index in [2.05, 4.69) is 155 Å². The molecule has 1 N–H and O–H groups in total. The smallest absolute Gasteiger partial charge is 0.159 e. The van der Waals surface area contributed by atoms with Crippen molar-refractivity contribution >= 4 is 86.9 Å². The number of hydrogen-bond donors (Lipinski definition) is 1. The number of benzene rings is 8. The molecule has 0 aliphatic carbocycles. The van der Waals surface area contributed by atoms with Crippen molar-refractivity contribution in [3.05, 3.63) is 199 Å². The first-order valence-corrected chi connectivity index (χ1v) is 20.0. The monoisotopic (exact) mass is 748 g/mol. The minimum atomic E-state index is -0.317. The standard InChI is InChI=1S/C51H32N4OS/c1-3-12-31(13-4-1)49-52-50(32-14-5-2-6-15-32)54-51(53-49)34-23-27-45-42(28-34)39-25-22-33(29-46(39)56-45)36-18-11-19-41-40-26-24-35(30-47(40)57-48(36)41)55-43-20-9-7-16-37(43)38-17-8-10-21-44(38)55/h1-30,51H,(H,52,53,54). The lowest BCUT2D eigenvalue weighted by Gasteiger charge is -2.23. The molecule has 5 nitrogen and oxygen atoms in total. The number of para-hydroxylation sites is 2. The molecule has 0 saturated carbocycles. The molecule has 0 spiro atoms. The fourth-order valence-corrected chi connectivity index (χ4v) is 9.84. The van der Waals surface area contributed by atoms with Gasteiger partial charge in [-0.05, 0) is 65.2 Å². The highest BCUT2D eigenvalue weighted by atomic mass is 32.1. The number of nitrogens with one attached hydrogen (secondary N) is 1. The number of furan rings is 1. The first-order valence-electron chi connectivity index (χ1n) is 19.2. The Hall–Kier alpha value is -7.28. The van der Waals surface area contributed by atoms with E-state index in [9.17, 15) is 0 Å². The van der Waals surface area contributed by atoms with E-state index in [1.165, 1.54) is 53.2 Å². The van der Waals surface area contributed by atoms with Gasteiger partial charge in [-0.1, -0.05) is 133 Å². The van der Waals surface area contributed by atoms with Gasteiger partial charge in [0.25, 0.3) is 0 Å². The lowest BCUT2D eigenvalue weighted by atomic mass is 10.0. The van der Waals surface area contributed by atoms with Crippen LogP contribution in [0.5, 0.6) is 0 Å². The lowest BCUT2D eigenvalue weighted by Crippen LogP contribution is -2.33. The van der Waals surface area contributed by atoms with Gasteiger partial charge in [0.15, 0.2) is 5.84 Å². The number of nitrogens with zero attached hydrogens (tertiary/aromatic N) is 3. The minimum Gasteiger partial charge on any atom is -0.456 e. The third kappa shape index (κ3) is 5.15. The molecule has 3 aromatic heterocycles. The summed E-state index contributed by atoms with van der Waals surface area (Å²) < 4.78 is 11.5. The van der Waals surface area contributed by atoms with Gasteiger partial charge >= 0.3 is 0 Å². The summed E-state index contributed by atoms with van der Waals surface area (Å²) in [4.78, 5) is 10.1. The molecule has 1 atom stereocenters. The number of hydrogen-bond acceptors (Lipinski definition) is 5. The predicted molar refractivity (Wildman–Crippen MR) is 238 cm³/mol. The molecule has 12 rings (SSSR count). The van der Waals surface area contributed by atoms with Gasteiger partial charge in [-0.15, -0.1) is 11.3 Å². The molecule has 268 valence electrons. The molecule has 0 bridgehead atoms. The molecule has 8 aromatic carbocycles. The third-order valence-electron chi connectivity index (χ3n) is 11.3. The average Bonchev–Trinajstić information content (AvgIpc) is 3.95. The van der Waals surface area contributed by atoms with E-state index in [1.54, 1.807) is 0 Å². The maximum Gasteiger partial charge on any atom is 0.159 e. The Morgan fingerprint density at radius 3 is 2.00 bits per heavy atom. The van der Waals surface area contributed by atoms with Crippen LogP contribution in [0.15, 0.2) is 196 Å². The third-order valence-corrected chi connectivity index (χ3v) is 12.5. The van der Waals surface area contributed by atoms with Crippen LogP contribution in [0.2, 0.25) is 0 Å². The van der Waals surface area contributed by atoms with Crippen LogP contribution in [0.25, 0.3) is 80.7 Å². The first kappa shape index (κ1) is 32.0. The summed E-state index contributed by atoms with van der Waals surface area (Å²) in [6.45, 7) is 0. The summed E-state index contributed by atoms with van der Waals surface area (Å²) in [7, 11) is 0. The molecule has 57 heavy (non-hydrogen) atoms. The normalized spacial score (nSPS) is 14.5. The summed E-state index contributed by atoms with van der Waals surface area (Å²) in [5.41, 5.74) is 10.7. The van der Waals surface area contributed by atoms with Crippen LogP contribution in [0.1, 0.15) is 22.9 Å². The van der Waals surface area contributed by atoms with Crippen molar-refractivity contribution in [2.45, 2.75) is 6.17 Å². The fourth-order valence-electron chi connectivity index (χ4n) is 8.57. The number of aliphatic imine (C=N–C) groups is 2. The molecule has 0 amide bonds. The van der Waals surface area contributed by atoms with Gasteiger partial charge in [0.1, 0.15) is 23.2 Å². The molecule has 1 unspecified atom stereocenters. The maximum absolute atomic E-state index is 6.56. The molecule has 4 heterocycles. The van der Waals surface area contributed by atoms with E-state index in [1.807, 2.05) is 47.7 Å². The second-order valence-corrected chi connectivity index (χ2v) is 15.6. The second-order valence-electron chi connectivity index (χ2n) is 14.6. The van der Waals surface area contributed by atoms with E-state index in [4.69, 9.17) is 14.4 Å². The van der Waals surface area contributed by atoms with Crippen molar-refractivity contribution in [1.82, 2.24) is 9.88 Å². The summed E-state index contributed by atoms with van der Waals surface area (Å²) in [5, 5.41) is 10.8. The largest absolute Gasteiger partial charge is 0.456 e. The molecular formula is C51H32N4OS. The zero-order valence-corrected chi connectivity index (χ0v) is 31.4. The van der Waals surface area contributed by atoms with Crippen LogP contribution in [-0.4, -0.2) is 16.2 Å². The summed E-state index contributed by atoms with van der Waals surface area (Å²) in [6, 6.07) is 64.4. The molecule has 0 radical (unpaired) electrons. The van der Waals surface area contributed by atoms with Crippen molar-refractivity contribution in [2.24, 2.45) is 9.98 Å². The van der Waals surface area contributed by atoms with E-state index in [-0.39, 0.29) is 6.17 Å². The predicted octanol–water partition coefficient (Wildman–Crippen LogP) is 13.2. The Labute approximate surface area is 331 Å². The molecule has 6 heteroatoms. The van der Waals surface area contributed by atoms with Crippen molar-refractivity contribution in [1.29, 1.82) is 0 Å². The Morgan fingerprint density at radius 1 is 0.509 bits per heavy atom. The fraction of sp³-hybridized carbons (Fsp3) is 0.0196. The maximum atomic E-state index is 6.56. The van der Waals surface area contributed by atoms with Gasteiger partial charge < -0.3 is 14.3 Å². The quantitative estimate of drug-likeness (QED) is 0.191. The molecule has 0 saturated heterocycles. The van der Waals surface area contributed by atoms with Gasteiger partial charge in [0, 0.05) is 58.5 Å². The number of rotatable bonds is 5. The van der Waals surface area contributed by atoms with Crippen molar-refractivity contribution in [3.8, 4) is 16.8 Å². The highest BCUT2D eigenvalue weighted by Gasteiger charge is 2.22. The number of amidine groups is 2. The van der Waals surface area contributed by atoms with Gasteiger partial charge in [0.05, 0.1) is 11.0 Å². The Balaban J connectivity index is 0.932. The highest BCUT2D eigenvalue weighted by molar-refractivity contribution is 7.26. The van der Waals surface area contributed by atoms with Crippen LogP contribution >= 0.6 is 11.3 Å². The van der Waals surface area contributed by atoms with Crippen molar-refractivity contribution in [2.75, 3.05) is 0 Å². The molecule has 0 fully saturated rings. The van der Waals surface area contributed by atoms with Crippen LogP contribution in [0.4, 0.5) is 0 Å². The second kappa shape index (κ2) is 12.6. The number of aromatic nitrogens is 1. The Kier molecular flexibility index (Phi) is 7.09. The Bertz CT molecular complexity index is 3390. The van der Waals surface area contributed by atoms with Gasteiger partial charge in [-0.25, -0.2) is 9.98 Å². The van der Waals surface area contributed by atoms with Gasteiger partial charge in [-0.2, -0.15) is 0 Å². The van der Waals surface area contributed by atoms with Crippen LogP contribution < -0.4 is 5.32 Å². The average molecular weight is 749 g/mol. The molecule has 1 aliphatic heterocycles. The lowest BCUT2D eigenvalue weighted by molar-refractivity contribution is 0.663. The van der Waals surface area contributed by atoms with Crippen LogP contribution in [0, 0.1) is 0 Å². The van der Waals surface area contributed by atoms with Crippen molar-refractivity contribution < 1.29 is 4.42 Å². The summed E-state index contributed by atoms with van der Waals surface area (Å²) in [5.74, 6) is 1.51. The van der Waals surface area contributed by atoms with Gasteiger partial charge in [0.2, 0.25) is 0 Å². The minimum absolute atomic E-state index is 0.317. The number of fused-ring (bicyclic) bond motifs is 9. The van der Waals surface area contributed by atoms with E-state index < -0.39 is 0 Å². The summed E-state index contributed by atoms with van der Waals surface area (Å²) >= 11 is 1.86. The van der Waals surface area contributed by atoms with Crippen molar-refractivity contribution in [3.63, 3.8) is 0 Å². The zero-order chi connectivity index (χ0) is 37.5. The number of thiophene rings is 1. The highest BCUT2D eigenvalue weighted by Crippen LogP contribution is 2.43. The van der Waals surface area contributed by atoms with Crippen LogP contribution in [-0.2, 0) is 0 Å². The molecule has 1 aliphatic rings. The SMILES string of the molecule is c1ccc(C2=NC(c3ccc4oc5cc(-c6cccc7c6sc6cc(-n8c9ccccc9c9ccccc98)ccc67)ccc5c4c3)NC(c3ccccc3)=N2)cc1. The zero-order valence-electron chi connectivity index (χ0n) is 30.6. The van der Waals surface area contributed by atoms with E-state index >= 15 is 0 Å². The van der Waals surface area contributed by atoms with E-state index in [0.717, 1.165) is 50.0 Å². The molecular weight excluding hydrogens is 717 g/mol.